The Kier molecular flexibility index (Phi) is 3.84. The van der Waals surface area contributed by atoms with Gasteiger partial charge in [0.25, 0.3) is 0 Å². The summed E-state index contributed by atoms with van der Waals surface area (Å²) in [6.07, 6.45) is 2.01. The van der Waals surface area contributed by atoms with Gasteiger partial charge in [-0.2, -0.15) is 4.98 Å². The van der Waals surface area contributed by atoms with Crippen LogP contribution in [0, 0.1) is 6.92 Å². The number of sulfone groups is 1. The molecule has 0 atom stereocenters. The average molecular weight is 354 g/mol. The van der Waals surface area contributed by atoms with E-state index in [1.807, 2.05) is 31.2 Å². The molecule has 4 rings (SSSR count). The summed E-state index contributed by atoms with van der Waals surface area (Å²) in [6.45, 7) is 1.94. The number of aryl methyl sites for hydroxylation is 1. The summed E-state index contributed by atoms with van der Waals surface area (Å²) in [5.41, 5.74) is 1.77. The predicted molar refractivity (Wildman–Crippen MR) is 95.2 cm³/mol. The van der Waals surface area contributed by atoms with E-state index in [2.05, 4.69) is 10.3 Å². The molecular formula is C19H18N2O3S. The van der Waals surface area contributed by atoms with Gasteiger partial charge in [0.05, 0.1) is 4.90 Å². The van der Waals surface area contributed by atoms with Crippen LogP contribution in [-0.4, -0.2) is 19.4 Å². The number of oxazole rings is 1. The molecule has 3 aromatic rings. The Balaban J connectivity index is 1.85. The van der Waals surface area contributed by atoms with E-state index in [0.717, 1.165) is 24.0 Å². The summed E-state index contributed by atoms with van der Waals surface area (Å²) in [5, 5.41) is 3.11. The van der Waals surface area contributed by atoms with Crippen molar-refractivity contribution in [3.8, 4) is 11.5 Å². The Morgan fingerprint density at radius 3 is 2.40 bits per heavy atom. The fourth-order valence-corrected chi connectivity index (χ4v) is 3.92. The molecule has 0 saturated heterocycles. The summed E-state index contributed by atoms with van der Waals surface area (Å²) >= 11 is 0. The lowest BCUT2D eigenvalue weighted by Gasteiger charge is -2.04. The van der Waals surface area contributed by atoms with E-state index in [9.17, 15) is 8.42 Å². The zero-order valence-electron chi connectivity index (χ0n) is 13.8. The molecular weight excluding hydrogens is 336 g/mol. The van der Waals surface area contributed by atoms with Crippen LogP contribution in [0.3, 0.4) is 0 Å². The fourth-order valence-electron chi connectivity index (χ4n) is 2.63. The van der Waals surface area contributed by atoms with Crippen LogP contribution in [-0.2, 0) is 9.84 Å². The van der Waals surface area contributed by atoms with Gasteiger partial charge in [-0.3, -0.25) is 0 Å². The molecule has 1 aliphatic rings. The second kappa shape index (κ2) is 6.04. The highest BCUT2D eigenvalue weighted by atomic mass is 32.2. The quantitative estimate of drug-likeness (QED) is 0.748. The normalized spacial score (nSPS) is 14.4. The molecule has 0 unspecified atom stereocenters. The van der Waals surface area contributed by atoms with Crippen LogP contribution in [0.4, 0.5) is 5.88 Å². The molecule has 1 N–H and O–H groups in total. The number of anilines is 1. The van der Waals surface area contributed by atoms with Gasteiger partial charge in [0.1, 0.15) is 0 Å². The Hall–Kier alpha value is -2.60. The fraction of sp³-hybridized carbons (Fsp3) is 0.211. The molecule has 1 heterocycles. The van der Waals surface area contributed by atoms with Gasteiger partial charge in [0.15, 0.2) is 0 Å². The number of nitrogens with one attached hydrogen (secondary N) is 1. The van der Waals surface area contributed by atoms with Crippen molar-refractivity contribution in [1.82, 2.24) is 4.98 Å². The second-order valence-corrected chi connectivity index (χ2v) is 8.07. The number of benzene rings is 2. The lowest BCUT2D eigenvalue weighted by molar-refractivity contribution is 0.576. The van der Waals surface area contributed by atoms with Gasteiger partial charge in [-0.25, -0.2) is 8.42 Å². The van der Waals surface area contributed by atoms with Crippen molar-refractivity contribution >= 4 is 15.7 Å². The smallest absolute Gasteiger partial charge is 0.234 e. The molecule has 2 aromatic carbocycles. The van der Waals surface area contributed by atoms with Crippen LogP contribution in [0.25, 0.3) is 11.5 Å². The first-order valence-electron chi connectivity index (χ1n) is 8.19. The first-order valence-corrected chi connectivity index (χ1v) is 9.67. The summed E-state index contributed by atoms with van der Waals surface area (Å²) in [5.74, 6) is 0.542. The largest absolute Gasteiger partial charge is 0.419 e. The van der Waals surface area contributed by atoms with Crippen molar-refractivity contribution in [3.63, 3.8) is 0 Å². The summed E-state index contributed by atoms with van der Waals surface area (Å²) in [7, 11) is -3.75. The van der Waals surface area contributed by atoms with E-state index in [4.69, 9.17) is 4.42 Å². The number of hydrogen-bond donors (Lipinski definition) is 1. The summed E-state index contributed by atoms with van der Waals surface area (Å²) in [6, 6.07) is 16.2. The summed E-state index contributed by atoms with van der Waals surface area (Å²) in [4.78, 5) is 4.56. The van der Waals surface area contributed by atoms with E-state index in [1.54, 1.807) is 30.3 Å². The van der Waals surface area contributed by atoms with Crippen LogP contribution in [0.15, 0.2) is 68.9 Å². The Bertz CT molecular complexity index is 1010. The molecule has 1 saturated carbocycles. The lowest BCUT2D eigenvalue weighted by atomic mass is 10.1. The maximum Gasteiger partial charge on any atom is 0.234 e. The monoisotopic (exact) mass is 354 g/mol. The first-order chi connectivity index (χ1) is 12.1. The van der Waals surface area contributed by atoms with Gasteiger partial charge in [-0.05, 0) is 43.5 Å². The minimum absolute atomic E-state index is 0.0520. The van der Waals surface area contributed by atoms with Crippen LogP contribution >= 0.6 is 0 Å². The summed E-state index contributed by atoms with van der Waals surface area (Å²) < 4.78 is 31.9. The molecule has 1 aliphatic carbocycles. The molecule has 0 amide bonds. The lowest BCUT2D eigenvalue weighted by Crippen LogP contribution is -2.08. The molecule has 0 aliphatic heterocycles. The third kappa shape index (κ3) is 3.05. The van der Waals surface area contributed by atoms with Crippen molar-refractivity contribution in [2.24, 2.45) is 0 Å². The molecule has 0 bridgehead atoms. The zero-order valence-corrected chi connectivity index (χ0v) is 14.6. The number of nitrogens with zero attached hydrogens (tertiary/aromatic N) is 1. The molecule has 0 spiro atoms. The van der Waals surface area contributed by atoms with Crippen molar-refractivity contribution in [1.29, 1.82) is 0 Å². The molecule has 1 aromatic heterocycles. The minimum Gasteiger partial charge on any atom is -0.419 e. The maximum absolute atomic E-state index is 13.0. The second-order valence-electron chi connectivity index (χ2n) is 6.20. The van der Waals surface area contributed by atoms with Crippen molar-refractivity contribution in [3.05, 3.63) is 60.2 Å². The average Bonchev–Trinajstić information content (AvgIpc) is 3.33. The molecule has 128 valence electrons. The van der Waals surface area contributed by atoms with Gasteiger partial charge in [0.2, 0.25) is 26.6 Å². The minimum atomic E-state index is -3.75. The number of rotatable bonds is 5. The molecule has 6 heteroatoms. The highest BCUT2D eigenvalue weighted by Crippen LogP contribution is 2.36. The third-order valence-corrected chi connectivity index (χ3v) is 5.87. The van der Waals surface area contributed by atoms with Crippen molar-refractivity contribution < 1.29 is 12.8 Å². The standard InChI is InChI=1S/C19H18N2O3S/c1-13-7-5-6-10-16(13)17-21-19(18(24-17)20-14-11-12-14)25(22,23)15-8-3-2-4-9-15/h2-10,14,20H,11-12H2,1H3. The Morgan fingerprint density at radius 1 is 1.04 bits per heavy atom. The number of aromatic nitrogens is 1. The maximum atomic E-state index is 13.0. The van der Waals surface area contributed by atoms with Gasteiger partial charge >= 0.3 is 0 Å². The van der Waals surface area contributed by atoms with Gasteiger partial charge in [-0.15, -0.1) is 0 Å². The zero-order chi connectivity index (χ0) is 17.4. The van der Waals surface area contributed by atoms with E-state index >= 15 is 0 Å². The molecule has 25 heavy (non-hydrogen) atoms. The van der Waals surface area contributed by atoms with E-state index in [-0.39, 0.29) is 21.8 Å². The van der Waals surface area contributed by atoms with Gasteiger partial charge < -0.3 is 9.73 Å². The van der Waals surface area contributed by atoms with E-state index in [0.29, 0.717) is 5.89 Å². The van der Waals surface area contributed by atoms with Crippen molar-refractivity contribution in [2.45, 2.75) is 35.7 Å². The van der Waals surface area contributed by atoms with Gasteiger partial charge in [-0.1, -0.05) is 36.4 Å². The highest BCUT2D eigenvalue weighted by molar-refractivity contribution is 7.91. The molecule has 5 nitrogen and oxygen atoms in total. The Morgan fingerprint density at radius 2 is 1.72 bits per heavy atom. The van der Waals surface area contributed by atoms with Crippen LogP contribution in [0.2, 0.25) is 0 Å². The Labute approximate surface area is 146 Å². The van der Waals surface area contributed by atoms with Crippen molar-refractivity contribution in [2.75, 3.05) is 5.32 Å². The highest BCUT2D eigenvalue weighted by Gasteiger charge is 2.32. The topological polar surface area (TPSA) is 72.2 Å². The van der Waals surface area contributed by atoms with E-state index in [1.165, 1.54) is 0 Å². The van der Waals surface area contributed by atoms with Gasteiger partial charge in [0, 0.05) is 11.6 Å². The predicted octanol–water partition coefficient (Wildman–Crippen LogP) is 4.06. The number of hydrogen-bond acceptors (Lipinski definition) is 5. The molecule has 1 fully saturated rings. The van der Waals surface area contributed by atoms with E-state index < -0.39 is 9.84 Å². The first kappa shape index (κ1) is 15.9. The van der Waals surface area contributed by atoms with Crippen LogP contribution in [0.1, 0.15) is 18.4 Å². The third-order valence-electron chi connectivity index (χ3n) is 4.19. The van der Waals surface area contributed by atoms with Crippen LogP contribution in [0.5, 0.6) is 0 Å². The molecule has 0 radical (unpaired) electrons. The SMILES string of the molecule is Cc1ccccc1-c1nc(S(=O)(=O)c2ccccc2)c(NC2CC2)o1. The van der Waals surface area contributed by atoms with Crippen LogP contribution < -0.4 is 5.32 Å².